The van der Waals surface area contributed by atoms with Crippen molar-refractivity contribution in [2.24, 2.45) is 0 Å². The van der Waals surface area contributed by atoms with Crippen LogP contribution in [0.2, 0.25) is 0 Å². The van der Waals surface area contributed by atoms with Crippen molar-refractivity contribution in [2.75, 3.05) is 14.2 Å². The number of hydrogen-bond donors (Lipinski definition) is 2. The molecule has 0 saturated carbocycles. The molecule has 0 aliphatic heterocycles. The number of halogens is 1. The number of H-pyrrole nitrogens is 1. The van der Waals surface area contributed by atoms with Gasteiger partial charge in [-0.2, -0.15) is 5.10 Å². The van der Waals surface area contributed by atoms with Crippen LogP contribution < -0.4 is 20.5 Å². The monoisotopic (exact) mass is 472 g/mol. The summed E-state index contributed by atoms with van der Waals surface area (Å²) < 4.78 is 26.1. The fourth-order valence-corrected chi connectivity index (χ4v) is 4.40. The number of nitrogens with one attached hydrogen (secondary N) is 2. The molecule has 0 saturated heterocycles. The minimum atomic E-state index is -0.290. The Morgan fingerprint density at radius 2 is 1.74 bits per heavy atom. The molecule has 5 aromatic rings. The zero-order chi connectivity index (χ0) is 24.5. The van der Waals surface area contributed by atoms with Gasteiger partial charge in [-0.05, 0) is 66.1 Å². The lowest BCUT2D eigenvalue weighted by atomic mass is 9.98. The molecule has 2 heterocycles. The highest BCUT2D eigenvalue weighted by atomic mass is 19.1. The largest absolute Gasteiger partial charge is 0.496 e. The van der Waals surface area contributed by atoms with Gasteiger partial charge in [0.2, 0.25) is 0 Å². The second-order valence-corrected chi connectivity index (χ2v) is 8.38. The first-order chi connectivity index (χ1) is 17.0. The molecule has 5 rings (SSSR count). The summed E-state index contributed by atoms with van der Waals surface area (Å²) in [5, 5.41) is 11.0. The average Bonchev–Trinajstić information content (AvgIpc) is 3.24. The lowest BCUT2D eigenvalue weighted by Crippen LogP contribution is -2.13. The van der Waals surface area contributed by atoms with E-state index in [-0.39, 0.29) is 11.5 Å². The average molecular weight is 473 g/mol. The second-order valence-electron chi connectivity index (χ2n) is 8.38. The lowest BCUT2D eigenvalue weighted by Gasteiger charge is -2.16. The summed E-state index contributed by atoms with van der Waals surface area (Å²) in [6.45, 7) is 3.13. The number of aromatic nitrogens is 3. The van der Waals surface area contributed by atoms with E-state index in [4.69, 9.17) is 9.47 Å². The first-order valence-electron chi connectivity index (χ1n) is 11.2. The van der Waals surface area contributed by atoms with Gasteiger partial charge in [0.05, 0.1) is 19.7 Å². The molecule has 35 heavy (non-hydrogen) atoms. The summed E-state index contributed by atoms with van der Waals surface area (Å²) in [5.41, 5.74) is 5.75. The van der Waals surface area contributed by atoms with Crippen LogP contribution in [-0.2, 0) is 13.1 Å². The minimum absolute atomic E-state index is 0.252. The quantitative estimate of drug-likeness (QED) is 0.362. The number of nitrogens with zero attached hydrogens (tertiary/aromatic N) is 2. The van der Waals surface area contributed by atoms with E-state index in [2.05, 4.69) is 15.5 Å². The molecule has 0 aliphatic carbocycles. The zero-order valence-corrected chi connectivity index (χ0v) is 19.7. The molecular weight excluding hydrogens is 447 g/mol. The molecule has 3 aromatic carbocycles. The first kappa shape index (κ1) is 22.6. The van der Waals surface area contributed by atoms with Crippen molar-refractivity contribution in [3.63, 3.8) is 0 Å². The maximum atomic E-state index is 13.2. The lowest BCUT2D eigenvalue weighted by molar-refractivity contribution is 0.407. The molecule has 0 aliphatic rings. The van der Waals surface area contributed by atoms with E-state index < -0.39 is 0 Å². The fourth-order valence-electron chi connectivity index (χ4n) is 4.40. The normalized spacial score (nSPS) is 11.3. The molecule has 2 N–H and O–H groups in total. The maximum Gasteiger partial charge on any atom is 0.348 e. The van der Waals surface area contributed by atoms with Crippen molar-refractivity contribution in [3.8, 4) is 22.6 Å². The Labute approximate surface area is 201 Å². The molecule has 0 spiro atoms. The topological polar surface area (TPSA) is 80.7 Å². The molecule has 0 radical (unpaired) electrons. The van der Waals surface area contributed by atoms with Gasteiger partial charge >= 0.3 is 5.69 Å². The second kappa shape index (κ2) is 9.23. The highest BCUT2D eigenvalue weighted by Crippen LogP contribution is 2.37. The van der Waals surface area contributed by atoms with Crippen LogP contribution in [0.25, 0.3) is 27.7 Å². The number of fused-ring (bicyclic) bond motifs is 3. The molecule has 0 fully saturated rings. The number of aromatic amines is 1. The summed E-state index contributed by atoms with van der Waals surface area (Å²) in [5.74, 6) is 1.20. The highest BCUT2D eigenvalue weighted by molar-refractivity contribution is 5.92. The Bertz CT molecular complexity index is 1590. The Morgan fingerprint density at radius 1 is 0.971 bits per heavy atom. The van der Waals surface area contributed by atoms with Crippen molar-refractivity contribution in [3.05, 3.63) is 93.7 Å². The smallest absolute Gasteiger partial charge is 0.348 e. The van der Waals surface area contributed by atoms with E-state index in [1.54, 1.807) is 30.8 Å². The van der Waals surface area contributed by atoms with Crippen molar-refractivity contribution in [1.82, 2.24) is 19.9 Å². The molecule has 178 valence electrons. The highest BCUT2D eigenvalue weighted by Gasteiger charge is 2.15. The SMILES string of the molecule is COc1ccc(-c2cc3c(cc2OC)c(C)cc2n[nH]c(=O)n23)cc1CNCc1ccc(F)cc1. The van der Waals surface area contributed by atoms with E-state index in [0.717, 1.165) is 44.5 Å². The summed E-state index contributed by atoms with van der Waals surface area (Å²) in [7, 11) is 3.27. The number of aryl methyl sites for hydroxylation is 1. The molecular formula is C27H25FN4O3. The van der Waals surface area contributed by atoms with Crippen LogP contribution >= 0.6 is 0 Å². The number of ether oxygens (including phenoxy) is 2. The van der Waals surface area contributed by atoms with Crippen molar-refractivity contribution in [2.45, 2.75) is 20.0 Å². The molecule has 0 amide bonds. The third-order valence-electron chi connectivity index (χ3n) is 6.18. The Morgan fingerprint density at radius 3 is 2.49 bits per heavy atom. The van der Waals surface area contributed by atoms with Crippen LogP contribution in [0, 0.1) is 12.7 Å². The molecule has 2 aromatic heterocycles. The summed E-state index contributed by atoms with van der Waals surface area (Å²) in [6.07, 6.45) is 0. The van der Waals surface area contributed by atoms with Gasteiger partial charge in [0.15, 0.2) is 5.65 Å². The van der Waals surface area contributed by atoms with Crippen LogP contribution in [0.4, 0.5) is 4.39 Å². The Kier molecular flexibility index (Phi) is 5.96. The van der Waals surface area contributed by atoms with Crippen molar-refractivity contribution >= 4 is 16.6 Å². The molecule has 0 atom stereocenters. The zero-order valence-electron chi connectivity index (χ0n) is 19.7. The van der Waals surface area contributed by atoms with Crippen LogP contribution in [0.1, 0.15) is 16.7 Å². The fraction of sp³-hybridized carbons (Fsp3) is 0.185. The van der Waals surface area contributed by atoms with Crippen LogP contribution in [-0.4, -0.2) is 28.8 Å². The van der Waals surface area contributed by atoms with Gasteiger partial charge in [0, 0.05) is 29.6 Å². The molecule has 8 heteroatoms. The maximum absolute atomic E-state index is 13.2. The van der Waals surface area contributed by atoms with E-state index in [1.165, 1.54) is 12.1 Å². The summed E-state index contributed by atoms with van der Waals surface area (Å²) in [4.78, 5) is 12.5. The van der Waals surface area contributed by atoms with Gasteiger partial charge in [-0.15, -0.1) is 0 Å². The molecule has 7 nitrogen and oxygen atoms in total. The van der Waals surface area contributed by atoms with E-state index in [9.17, 15) is 9.18 Å². The Hall–Kier alpha value is -4.17. The number of pyridine rings is 1. The third-order valence-corrected chi connectivity index (χ3v) is 6.18. The summed E-state index contributed by atoms with van der Waals surface area (Å²) in [6, 6.07) is 18.2. The van der Waals surface area contributed by atoms with Crippen molar-refractivity contribution in [1.29, 1.82) is 0 Å². The predicted molar refractivity (Wildman–Crippen MR) is 134 cm³/mol. The molecule has 0 bridgehead atoms. The first-order valence-corrected chi connectivity index (χ1v) is 11.2. The van der Waals surface area contributed by atoms with E-state index in [1.807, 2.05) is 43.3 Å². The number of hydrogen-bond acceptors (Lipinski definition) is 5. The van der Waals surface area contributed by atoms with E-state index >= 15 is 0 Å². The molecule has 0 unspecified atom stereocenters. The number of benzene rings is 3. The van der Waals surface area contributed by atoms with Gasteiger partial charge in [-0.25, -0.2) is 18.7 Å². The summed E-state index contributed by atoms with van der Waals surface area (Å²) >= 11 is 0. The van der Waals surface area contributed by atoms with Gasteiger partial charge in [-0.3, -0.25) is 0 Å². The standard InChI is InChI=1S/C27H25FN4O3/c1-16-10-26-30-31-27(33)32(26)23-12-22(25(35-3)13-21(16)23)18-6-9-24(34-2)19(11-18)15-29-14-17-4-7-20(28)8-5-17/h4-13,29H,14-15H2,1-3H3,(H,31,33). The predicted octanol–water partition coefficient (Wildman–Crippen LogP) is 4.60. The van der Waals surface area contributed by atoms with Gasteiger partial charge in [0.1, 0.15) is 17.3 Å². The van der Waals surface area contributed by atoms with Crippen LogP contribution in [0.15, 0.2) is 65.5 Å². The third kappa shape index (κ3) is 4.24. The number of methoxy groups -OCH3 is 2. The van der Waals surface area contributed by atoms with Crippen LogP contribution in [0.3, 0.4) is 0 Å². The van der Waals surface area contributed by atoms with Crippen LogP contribution in [0.5, 0.6) is 11.5 Å². The number of rotatable bonds is 7. The van der Waals surface area contributed by atoms with Gasteiger partial charge < -0.3 is 14.8 Å². The minimum Gasteiger partial charge on any atom is -0.496 e. The Balaban J connectivity index is 1.55. The van der Waals surface area contributed by atoms with Crippen molar-refractivity contribution < 1.29 is 13.9 Å². The van der Waals surface area contributed by atoms with Gasteiger partial charge in [-0.1, -0.05) is 18.2 Å². The van der Waals surface area contributed by atoms with Gasteiger partial charge in [0.25, 0.3) is 0 Å². The van der Waals surface area contributed by atoms with E-state index in [0.29, 0.717) is 24.5 Å².